The number of fused-ring (bicyclic) bond motifs is 1. The molecule has 2 unspecified atom stereocenters. The number of hydrogen-bond donors (Lipinski definition) is 1. The summed E-state index contributed by atoms with van der Waals surface area (Å²) in [5.41, 5.74) is 2.51. The summed E-state index contributed by atoms with van der Waals surface area (Å²) in [6.07, 6.45) is 1.42. The lowest BCUT2D eigenvalue weighted by Crippen LogP contribution is -2.37. The monoisotopic (exact) mass is 263 g/mol. The quantitative estimate of drug-likeness (QED) is 0.925. The molecule has 2 nitrogen and oxygen atoms in total. The van der Waals surface area contributed by atoms with Crippen LogP contribution < -0.4 is 0 Å². The standard InChI is InChI=1S/C18H17NO/c19-13-18(11-10-15-8-4-5-9-16(15)18)17(20)12-14-6-2-1-3-7-14/h1-9,17,20H,10-12H2. The van der Waals surface area contributed by atoms with E-state index in [2.05, 4.69) is 12.1 Å². The maximum Gasteiger partial charge on any atom is 0.109 e. The molecule has 2 aromatic rings. The Bertz CT molecular complexity index is 644. The second kappa shape index (κ2) is 5.11. The fourth-order valence-electron chi connectivity index (χ4n) is 3.19. The van der Waals surface area contributed by atoms with E-state index in [1.165, 1.54) is 5.56 Å². The summed E-state index contributed by atoms with van der Waals surface area (Å²) in [5.74, 6) is 0. The molecule has 0 fully saturated rings. The highest BCUT2D eigenvalue weighted by Crippen LogP contribution is 2.41. The smallest absolute Gasteiger partial charge is 0.109 e. The maximum atomic E-state index is 10.7. The Balaban J connectivity index is 1.93. The van der Waals surface area contributed by atoms with Crippen LogP contribution in [0.25, 0.3) is 0 Å². The van der Waals surface area contributed by atoms with Gasteiger partial charge >= 0.3 is 0 Å². The molecule has 0 saturated heterocycles. The Morgan fingerprint density at radius 3 is 2.55 bits per heavy atom. The average molecular weight is 263 g/mol. The van der Waals surface area contributed by atoms with Gasteiger partial charge in [-0.15, -0.1) is 0 Å². The lowest BCUT2D eigenvalue weighted by molar-refractivity contribution is 0.110. The molecule has 2 atom stereocenters. The molecule has 0 amide bonds. The molecule has 0 radical (unpaired) electrons. The summed E-state index contributed by atoms with van der Waals surface area (Å²) in [7, 11) is 0. The lowest BCUT2D eigenvalue weighted by Gasteiger charge is -2.28. The fraction of sp³-hybridized carbons (Fsp3) is 0.278. The molecule has 2 heteroatoms. The molecule has 1 N–H and O–H groups in total. The molecule has 0 spiro atoms. The second-order valence-electron chi connectivity index (χ2n) is 5.45. The van der Waals surface area contributed by atoms with Crippen LogP contribution in [-0.4, -0.2) is 11.2 Å². The van der Waals surface area contributed by atoms with Gasteiger partial charge in [-0.25, -0.2) is 0 Å². The van der Waals surface area contributed by atoms with Crippen molar-refractivity contribution in [1.29, 1.82) is 5.26 Å². The van der Waals surface area contributed by atoms with Crippen molar-refractivity contribution in [3.63, 3.8) is 0 Å². The van der Waals surface area contributed by atoms with Gasteiger partial charge in [0.1, 0.15) is 5.41 Å². The minimum absolute atomic E-state index is 0.517. The van der Waals surface area contributed by atoms with Crippen LogP contribution >= 0.6 is 0 Å². The van der Waals surface area contributed by atoms with E-state index >= 15 is 0 Å². The van der Waals surface area contributed by atoms with Crippen LogP contribution in [0.1, 0.15) is 23.1 Å². The van der Waals surface area contributed by atoms with E-state index in [0.717, 1.165) is 17.5 Å². The minimum Gasteiger partial charge on any atom is -0.391 e. The van der Waals surface area contributed by atoms with E-state index < -0.39 is 11.5 Å². The molecule has 0 aliphatic heterocycles. The third kappa shape index (κ3) is 2.01. The molecule has 100 valence electrons. The summed E-state index contributed by atoms with van der Waals surface area (Å²) < 4.78 is 0. The highest BCUT2D eigenvalue weighted by atomic mass is 16.3. The summed E-state index contributed by atoms with van der Waals surface area (Å²) >= 11 is 0. The number of aryl methyl sites for hydroxylation is 1. The van der Waals surface area contributed by atoms with E-state index in [4.69, 9.17) is 0 Å². The van der Waals surface area contributed by atoms with Crippen molar-refractivity contribution in [1.82, 2.24) is 0 Å². The molecule has 0 saturated carbocycles. The van der Waals surface area contributed by atoms with Gasteiger partial charge in [0.05, 0.1) is 12.2 Å². The van der Waals surface area contributed by atoms with Crippen LogP contribution in [0.5, 0.6) is 0 Å². The number of hydrogen-bond acceptors (Lipinski definition) is 2. The van der Waals surface area contributed by atoms with Crippen molar-refractivity contribution < 1.29 is 5.11 Å². The summed E-state index contributed by atoms with van der Waals surface area (Å²) in [6, 6.07) is 20.3. The topological polar surface area (TPSA) is 44.0 Å². The van der Waals surface area contributed by atoms with Gasteiger partial charge in [-0.05, 0) is 29.5 Å². The van der Waals surface area contributed by atoms with Gasteiger partial charge in [0.2, 0.25) is 0 Å². The molecular formula is C18H17NO. The Kier molecular flexibility index (Phi) is 3.30. The van der Waals surface area contributed by atoms with E-state index in [1.807, 2.05) is 48.5 Å². The van der Waals surface area contributed by atoms with Crippen molar-refractivity contribution >= 4 is 0 Å². The van der Waals surface area contributed by atoms with Gasteiger partial charge in [0.15, 0.2) is 0 Å². The molecule has 20 heavy (non-hydrogen) atoms. The van der Waals surface area contributed by atoms with E-state index in [9.17, 15) is 10.4 Å². The number of nitrogens with zero attached hydrogens (tertiary/aromatic N) is 1. The second-order valence-corrected chi connectivity index (χ2v) is 5.45. The van der Waals surface area contributed by atoms with Gasteiger partial charge in [-0.1, -0.05) is 54.6 Å². The van der Waals surface area contributed by atoms with Crippen molar-refractivity contribution in [2.45, 2.75) is 30.8 Å². The highest BCUT2D eigenvalue weighted by Gasteiger charge is 2.44. The number of aliphatic hydroxyl groups is 1. The van der Waals surface area contributed by atoms with Crippen molar-refractivity contribution in [3.8, 4) is 6.07 Å². The zero-order chi connectivity index (χ0) is 14.0. The van der Waals surface area contributed by atoms with Gasteiger partial charge in [-0.2, -0.15) is 5.26 Å². The molecule has 1 aliphatic carbocycles. The molecule has 1 aliphatic rings. The van der Waals surface area contributed by atoms with Crippen LogP contribution in [-0.2, 0) is 18.3 Å². The third-order valence-electron chi connectivity index (χ3n) is 4.33. The Morgan fingerprint density at radius 2 is 1.80 bits per heavy atom. The number of benzene rings is 2. The predicted octanol–water partition coefficient (Wildman–Crippen LogP) is 3.00. The Morgan fingerprint density at radius 1 is 1.10 bits per heavy atom. The average Bonchev–Trinajstić information content (AvgIpc) is 2.88. The zero-order valence-electron chi connectivity index (χ0n) is 11.3. The van der Waals surface area contributed by atoms with Crippen LogP contribution in [0.15, 0.2) is 54.6 Å². The summed E-state index contributed by atoms with van der Waals surface area (Å²) in [4.78, 5) is 0. The van der Waals surface area contributed by atoms with Gasteiger partial charge < -0.3 is 5.11 Å². The lowest BCUT2D eigenvalue weighted by atomic mass is 9.76. The SMILES string of the molecule is N#CC1(C(O)Cc2ccccc2)CCc2ccccc21. The Hall–Kier alpha value is -2.11. The number of nitriles is 1. The van der Waals surface area contributed by atoms with E-state index in [-0.39, 0.29) is 0 Å². The predicted molar refractivity (Wildman–Crippen MR) is 78.2 cm³/mol. The highest BCUT2D eigenvalue weighted by molar-refractivity contribution is 5.45. The van der Waals surface area contributed by atoms with Crippen molar-refractivity contribution in [3.05, 3.63) is 71.3 Å². The molecule has 3 rings (SSSR count). The first-order chi connectivity index (χ1) is 9.76. The van der Waals surface area contributed by atoms with E-state index in [0.29, 0.717) is 12.8 Å². The normalized spacial score (nSPS) is 22.0. The number of rotatable bonds is 3. The molecule has 0 bridgehead atoms. The van der Waals surface area contributed by atoms with Crippen LogP contribution in [0, 0.1) is 11.3 Å². The van der Waals surface area contributed by atoms with Crippen LogP contribution in [0.4, 0.5) is 0 Å². The third-order valence-corrected chi connectivity index (χ3v) is 4.33. The summed E-state index contributed by atoms with van der Waals surface area (Å²) in [6.45, 7) is 0. The maximum absolute atomic E-state index is 10.7. The van der Waals surface area contributed by atoms with Crippen LogP contribution in [0.2, 0.25) is 0 Å². The largest absolute Gasteiger partial charge is 0.391 e. The first-order valence-electron chi connectivity index (χ1n) is 6.98. The van der Waals surface area contributed by atoms with Crippen molar-refractivity contribution in [2.24, 2.45) is 0 Å². The van der Waals surface area contributed by atoms with Gasteiger partial charge in [0.25, 0.3) is 0 Å². The molecule has 0 heterocycles. The minimum atomic E-state index is -0.758. The molecule has 0 aromatic heterocycles. The van der Waals surface area contributed by atoms with Gasteiger partial charge in [0, 0.05) is 6.42 Å². The van der Waals surface area contributed by atoms with Gasteiger partial charge in [-0.3, -0.25) is 0 Å². The summed E-state index contributed by atoms with van der Waals surface area (Å²) in [5, 5.41) is 20.4. The zero-order valence-corrected chi connectivity index (χ0v) is 11.3. The van der Waals surface area contributed by atoms with Crippen molar-refractivity contribution in [2.75, 3.05) is 0 Å². The number of aliphatic hydroxyl groups excluding tert-OH is 1. The molecular weight excluding hydrogens is 246 g/mol. The molecule has 2 aromatic carbocycles. The fourth-order valence-corrected chi connectivity index (χ4v) is 3.19. The Labute approximate surface area is 119 Å². The van der Waals surface area contributed by atoms with Crippen LogP contribution in [0.3, 0.4) is 0 Å². The first-order valence-corrected chi connectivity index (χ1v) is 6.98. The van der Waals surface area contributed by atoms with E-state index in [1.54, 1.807) is 0 Å². The first kappa shape index (κ1) is 12.9.